The van der Waals surface area contributed by atoms with Crippen LogP contribution in [0.3, 0.4) is 0 Å². The number of hydrogen-bond acceptors (Lipinski definition) is 2. The van der Waals surface area contributed by atoms with E-state index in [9.17, 15) is 0 Å². The topological polar surface area (TPSA) is 29.5 Å². The second kappa shape index (κ2) is 2.18. The first-order chi connectivity index (χ1) is 3.83. The molecule has 0 amide bonds. The van der Waals surface area contributed by atoms with E-state index in [-0.39, 0.29) is 12.7 Å². The molecule has 0 aromatic rings. The third-order valence-corrected chi connectivity index (χ3v) is 1.22. The average molecular weight is 114 g/mol. The van der Waals surface area contributed by atoms with Gasteiger partial charge in [0.2, 0.25) is 0 Å². The normalized spacial score (nSPS) is 27.2. The van der Waals surface area contributed by atoms with E-state index < -0.39 is 0 Å². The molecule has 2 nitrogen and oxygen atoms in total. The second-order valence-electron chi connectivity index (χ2n) is 2.09. The molecule has 1 atom stereocenters. The van der Waals surface area contributed by atoms with Crippen molar-refractivity contribution in [1.29, 1.82) is 0 Å². The van der Waals surface area contributed by atoms with Gasteiger partial charge in [0, 0.05) is 6.42 Å². The molecule has 1 rings (SSSR count). The van der Waals surface area contributed by atoms with Crippen LogP contribution in [-0.4, -0.2) is 17.8 Å². The number of hydrogen-bond donors (Lipinski definition) is 1. The van der Waals surface area contributed by atoms with Gasteiger partial charge in [-0.2, -0.15) is 0 Å². The predicted octanol–water partition coefficient (Wildman–Crippen LogP) is 0.671. The summed E-state index contributed by atoms with van der Waals surface area (Å²) in [5, 5.41) is 8.54. The molecule has 1 unspecified atom stereocenters. The molecular formula is C6H10O2. The third kappa shape index (κ3) is 1.01. The van der Waals surface area contributed by atoms with E-state index in [0.29, 0.717) is 0 Å². The Kier molecular flexibility index (Phi) is 1.53. The Bertz CT molecular complexity index is 107. The summed E-state index contributed by atoms with van der Waals surface area (Å²) in [5.74, 6) is 0. The number of aliphatic hydroxyl groups excluding tert-OH is 1. The van der Waals surface area contributed by atoms with Gasteiger partial charge >= 0.3 is 0 Å². The minimum Gasteiger partial charge on any atom is -0.498 e. The van der Waals surface area contributed by atoms with Crippen LogP contribution in [0.2, 0.25) is 0 Å². The smallest absolute Gasteiger partial charge is 0.0989 e. The maximum Gasteiger partial charge on any atom is 0.0989 e. The lowest BCUT2D eigenvalue weighted by Gasteiger charge is -1.98. The van der Waals surface area contributed by atoms with E-state index in [2.05, 4.69) is 0 Å². The van der Waals surface area contributed by atoms with E-state index in [1.807, 2.05) is 6.92 Å². The molecule has 0 radical (unpaired) electrons. The Labute approximate surface area is 48.8 Å². The van der Waals surface area contributed by atoms with Crippen LogP contribution in [0, 0.1) is 0 Å². The van der Waals surface area contributed by atoms with Crippen molar-refractivity contribution in [3.05, 3.63) is 11.8 Å². The third-order valence-electron chi connectivity index (χ3n) is 1.22. The van der Waals surface area contributed by atoms with Gasteiger partial charge in [0.25, 0.3) is 0 Å². The Hall–Kier alpha value is -0.500. The molecule has 0 saturated heterocycles. The zero-order chi connectivity index (χ0) is 5.98. The van der Waals surface area contributed by atoms with Crippen LogP contribution in [0.4, 0.5) is 0 Å². The standard InChI is InChI=1S/C6H10O2/c1-5-2-6(3-7)4-8-5/h4-5,7H,2-3H2,1H3. The summed E-state index contributed by atoms with van der Waals surface area (Å²) in [6.07, 6.45) is 2.80. The predicted molar refractivity (Wildman–Crippen MR) is 30.3 cm³/mol. The highest BCUT2D eigenvalue weighted by molar-refractivity contribution is 5.04. The number of aliphatic hydroxyl groups is 1. The van der Waals surface area contributed by atoms with Crippen molar-refractivity contribution in [3.8, 4) is 0 Å². The Balaban J connectivity index is 2.37. The van der Waals surface area contributed by atoms with Gasteiger partial charge in [-0.25, -0.2) is 0 Å². The highest BCUT2D eigenvalue weighted by Crippen LogP contribution is 2.15. The molecule has 0 saturated carbocycles. The van der Waals surface area contributed by atoms with Crippen molar-refractivity contribution in [2.45, 2.75) is 19.4 Å². The quantitative estimate of drug-likeness (QED) is 0.543. The molecule has 1 heterocycles. The SMILES string of the molecule is CC1CC(CO)=CO1. The lowest BCUT2D eigenvalue weighted by molar-refractivity contribution is 0.188. The fourth-order valence-electron chi connectivity index (χ4n) is 0.780. The van der Waals surface area contributed by atoms with E-state index in [0.717, 1.165) is 12.0 Å². The zero-order valence-electron chi connectivity index (χ0n) is 4.92. The maximum absolute atomic E-state index is 8.54. The maximum atomic E-state index is 8.54. The lowest BCUT2D eigenvalue weighted by Crippen LogP contribution is -1.97. The molecule has 8 heavy (non-hydrogen) atoms. The van der Waals surface area contributed by atoms with Gasteiger partial charge in [-0.15, -0.1) is 0 Å². The van der Waals surface area contributed by atoms with Crippen LogP contribution in [0.1, 0.15) is 13.3 Å². The summed E-state index contributed by atoms with van der Waals surface area (Å²) in [4.78, 5) is 0. The fraction of sp³-hybridized carbons (Fsp3) is 0.667. The second-order valence-corrected chi connectivity index (χ2v) is 2.09. The number of rotatable bonds is 1. The molecule has 0 aromatic heterocycles. The Morgan fingerprint density at radius 2 is 2.75 bits per heavy atom. The van der Waals surface area contributed by atoms with Crippen molar-refractivity contribution in [1.82, 2.24) is 0 Å². The minimum atomic E-state index is 0.143. The highest BCUT2D eigenvalue weighted by atomic mass is 16.5. The first kappa shape index (κ1) is 5.63. The summed E-state index contributed by atoms with van der Waals surface area (Å²) >= 11 is 0. The van der Waals surface area contributed by atoms with Crippen LogP contribution in [0.25, 0.3) is 0 Å². The van der Waals surface area contributed by atoms with Crippen molar-refractivity contribution >= 4 is 0 Å². The van der Waals surface area contributed by atoms with Gasteiger partial charge < -0.3 is 9.84 Å². The molecule has 0 aliphatic carbocycles. The summed E-state index contributed by atoms with van der Waals surface area (Å²) in [5.41, 5.74) is 0.998. The van der Waals surface area contributed by atoms with Crippen molar-refractivity contribution < 1.29 is 9.84 Å². The van der Waals surface area contributed by atoms with E-state index in [4.69, 9.17) is 9.84 Å². The molecule has 0 fully saturated rings. The van der Waals surface area contributed by atoms with Gasteiger partial charge in [0.05, 0.1) is 19.0 Å². The molecule has 1 aliphatic heterocycles. The summed E-state index contributed by atoms with van der Waals surface area (Å²) < 4.78 is 5.03. The molecular weight excluding hydrogens is 104 g/mol. The first-order valence-electron chi connectivity index (χ1n) is 2.77. The molecule has 1 aliphatic rings. The van der Waals surface area contributed by atoms with Crippen LogP contribution < -0.4 is 0 Å². The molecule has 1 N–H and O–H groups in total. The van der Waals surface area contributed by atoms with Crippen molar-refractivity contribution in [2.24, 2.45) is 0 Å². The Morgan fingerprint density at radius 3 is 3.00 bits per heavy atom. The van der Waals surface area contributed by atoms with Gasteiger partial charge in [0.1, 0.15) is 0 Å². The van der Waals surface area contributed by atoms with Crippen LogP contribution in [0.5, 0.6) is 0 Å². The van der Waals surface area contributed by atoms with Crippen LogP contribution in [0.15, 0.2) is 11.8 Å². The van der Waals surface area contributed by atoms with E-state index in [1.165, 1.54) is 0 Å². The van der Waals surface area contributed by atoms with Crippen LogP contribution in [-0.2, 0) is 4.74 Å². The Morgan fingerprint density at radius 1 is 2.00 bits per heavy atom. The molecule has 0 bridgehead atoms. The van der Waals surface area contributed by atoms with E-state index >= 15 is 0 Å². The molecule has 0 spiro atoms. The fourth-order valence-corrected chi connectivity index (χ4v) is 0.780. The first-order valence-corrected chi connectivity index (χ1v) is 2.77. The monoisotopic (exact) mass is 114 g/mol. The van der Waals surface area contributed by atoms with Gasteiger partial charge in [-0.1, -0.05) is 0 Å². The van der Waals surface area contributed by atoms with Gasteiger partial charge in [-0.3, -0.25) is 0 Å². The van der Waals surface area contributed by atoms with Crippen LogP contribution >= 0.6 is 0 Å². The highest BCUT2D eigenvalue weighted by Gasteiger charge is 2.11. The summed E-state index contributed by atoms with van der Waals surface area (Å²) in [7, 11) is 0. The van der Waals surface area contributed by atoms with Crippen molar-refractivity contribution in [2.75, 3.05) is 6.61 Å². The number of ether oxygens (including phenoxy) is 1. The molecule has 2 heteroatoms. The van der Waals surface area contributed by atoms with E-state index in [1.54, 1.807) is 6.26 Å². The zero-order valence-corrected chi connectivity index (χ0v) is 4.92. The van der Waals surface area contributed by atoms with Gasteiger partial charge in [-0.05, 0) is 12.5 Å². The molecule has 46 valence electrons. The minimum absolute atomic E-state index is 0.143. The van der Waals surface area contributed by atoms with Crippen molar-refractivity contribution in [3.63, 3.8) is 0 Å². The summed E-state index contributed by atoms with van der Waals surface area (Å²) in [6, 6.07) is 0. The average Bonchev–Trinajstić information content (AvgIpc) is 2.14. The largest absolute Gasteiger partial charge is 0.498 e. The lowest BCUT2D eigenvalue weighted by atomic mass is 10.2. The molecule has 0 aromatic carbocycles. The summed E-state index contributed by atoms with van der Waals surface area (Å²) in [6.45, 7) is 2.13. The van der Waals surface area contributed by atoms with Gasteiger partial charge in [0.15, 0.2) is 0 Å².